The first-order valence-corrected chi connectivity index (χ1v) is 6.96. The number of rotatable bonds is 8. The van der Waals surface area contributed by atoms with Crippen molar-refractivity contribution in [2.45, 2.75) is 52.0 Å². The van der Waals surface area contributed by atoms with Gasteiger partial charge in [0.05, 0.1) is 0 Å². The Kier molecular flexibility index (Phi) is 6.69. The Balaban J connectivity index is 1.93. The summed E-state index contributed by atoms with van der Waals surface area (Å²) in [4.78, 5) is 1.54. The first-order chi connectivity index (χ1) is 7.33. The molecule has 0 aromatic carbocycles. The zero-order valence-corrected chi connectivity index (χ0v) is 10.8. The molecule has 0 bridgehead atoms. The Morgan fingerprint density at radius 1 is 1.33 bits per heavy atom. The molecule has 0 aliphatic carbocycles. The summed E-state index contributed by atoms with van der Waals surface area (Å²) in [5, 5.41) is 5.62. The second-order valence-corrected chi connectivity index (χ2v) is 5.17. The van der Waals surface area contributed by atoms with E-state index in [0.717, 1.165) is 6.54 Å². The van der Waals surface area contributed by atoms with E-state index in [4.69, 9.17) is 0 Å². The molecule has 0 aliphatic heterocycles. The van der Waals surface area contributed by atoms with E-state index in [0.29, 0.717) is 6.04 Å². The molecule has 1 rings (SSSR count). The highest BCUT2D eigenvalue weighted by molar-refractivity contribution is 7.09. The average molecular weight is 225 g/mol. The van der Waals surface area contributed by atoms with Gasteiger partial charge in [0, 0.05) is 10.9 Å². The molecule has 0 saturated heterocycles. The largest absolute Gasteiger partial charge is 0.315 e. The van der Waals surface area contributed by atoms with E-state index >= 15 is 0 Å². The van der Waals surface area contributed by atoms with E-state index in [1.165, 1.54) is 37.0 Å². The van der Waals surface area contributed by atoms with E-state index in [1.807, 2.05) is 11.3 Å². The van der Waals surface area contributed by atoms with Crippen molar-refractivity contribution in [3.8, 4) is 0 Å². The van der Waals surface area contributed by atoms with Crippen LogP contribution in [0.1, 0.15) is 44.4 Å². The number of hydrogen-bond acceptors (Lipinski definition) is 2. The third-order valence-corrected chi connectivity index (χ3v) is 3.63. The summed E-state index contributed by atoms with van der Waals surface area (Å²) >= 11 is 1.88. The Morgan fingerprint density at radius 2 is 2.20 bits per heavy atom. The van der Waals surface area contributed by atoms with Gasteiger partial charge < -0.3 is 5.32 Å². The number of thiophene rings is 1. The van der Waals surface area contributed by atoms with Gasteiger partial charge >= 0.3 is 0 Å². The summed E-state index contributed by atoms with van der Waals surface area (Å²) in [5.41, 5.74) is 0. The molecule has 1 unspecified atom stereocenters. The fourth-order valence-electron chi connectivity index (χ4n) is 1.83. The Labute approximate surface area is 97.9 Å². The van der Waals surface area contributed by atoms with Crippen molar-refractivity contribution >= 4 is 11.3 Å². The summed E-state index contributed by atoms with van der Waals surface area (Å²) in [7, 11) is 0. The Bertz CT molecular complexity index is 231. The molecule has 86 valence electrons. The van der Waals surface area contributed by atoms with Gasteiger partial charge in [-0.15, -0.1) is 11.3 Å². The molecule has 0 fully saturated rings. The van der Waals surface area contributed by atoms with Crippen molar-refractivity contribution in [1.29, 1.82) is 0 Å². The standard InChI is InChI=1S/C13H23NS/c1-3-14-12(2)8-5-4-6-9-13-10-7-11-15-13/h7,10-12,14H,3-6,8-9H2,1-2H3. The zero-order chi connectivity index (χ0) is 10.9. The summed E-state index contributed by atoms with van der Waals surface area (Å²) in [6, 6.07) is 5.08. The van der Waals surface area contributed by atoms with Crippen molar-refractivity contribution in [3.05, 3.63) is 22.4 Å². The summed E-state index contributed by atoms with van der Waals surface area (Å²) in [5.74, 6) is 0. The molecule has 0 radical (unpaired) electrons. The zero-order valence-electron chi connectivity index (χ0n) is 9.96. The lowest BCUT2D eigenvalue weighted by molar-refractivity contribution is 0.496. The van der Waals surface area contributed by atoms with Crippen LogP contribution in [0.2, 0.25) is 0 Å². The van der Waals surface area contributed by atoms with Crippen LogP contribution < -0.4 is 5.32 Å². The van der Waals surface area contributed by atoms with Crippen LogP contribution in [-0.4, -0.2) is 12.6 Å². The average Bonchev–Trinajstić information content (AvgIpc) is 2.70. The Morgan fingerprint density at radius 3 is 2.87 bits per heavy atom. The fourth-order valence-corrected chi connectivity index (χ4v) is 2.58. The fraction of sp³-hybridized carbons (Fsp3) is 0.692. The smallest absolute Gasteiger partial charge is 0.00452 e. The predicted octanol–water partition coefficient (Wildman–Crippen LogP) is 3.85. The summed E-state index contributed by atoms with van der Waals surface area (Å²) < 4.78 is 0. The maximum absolute atomic E-state index is 3.45. The molecule has 0 aliphatic rings. The second kappa shape index (κ2) is 7.89. The van der Waals surface area contributed by atoms with Gasteiger partial charge in [-0.2, -0.15) is 0 Å². The molecule has 15 heavy (non-hydrogen) atoms. The number of nitrogens with one attached hydrogen (secondary N) is 1. The highest BCUT2D eigenvalue weighted by Crippen LogP contribution is 2.13. The first-order valence-electron chi connectivity index (χ1n) is 6.08. The van der Waals surface area contributed by atoms with E-state index < -0.39 is 0 Å². The van der Waals surface area contributed by atoms with Crippen molar-refractivity contribution in [1.82, 2.24) is 5.32 Å². The van der Waals surface area contributed by atoms with Crippen LogP contribution in [0.15, 0.2) is 17.5 Å². The maximum atomic E-state index is 3.45. The van der Waals surface area contributed by atoms with Crippen molar-refractivity contribution < 1.29 is 0 Å². The predicted molar refractivity (Wildman–Crippen MR) is 69.6 cm³/mol. The van der Waals surface area contributed by atoms with Crippen molar-refractivity contribution in [3.63, 3.8) is 0 Å². The van der Waals surface area contributed by atoms with E-state index in [2.05, 4.69) is 36.7 Å². The van der Waals surface area contributed by atoms with Gasteiger partial charge in [-0.3, -0.25) is 0 Å². The number of hydrogen-bond donors (Lipinski definition) is 1. The van der Waals surface area contributed by atoms with Crippen LogP contribution >= 0.6 is 11.3 Å². The molecule has 0 amide bonds. The lowest BCUT2D eigenvalue weighted by Crippen LogP contribution is -2.25. The minimum absolute atomic E-state index is 0.691. The monoisotopic (exact) mass is 225 g/mol. The van der Waals surface area contributed by atoms with Crippen LogP contribution in [0.5, 0.6) is 0 Å². The van der Waals surface area contributed by atoms with Crippen LogP contribution in [0.25, 0.3) is 0 Å². The summed E-state index contributed by atoms with van der Waals surface area (Å²) in [6.45, 7) is 5.55. The molecule has 1 aromatic rings. The van der Waals surface area contributed by atoms with Crippen molar-refractivity contribution in [2.24, 2.45) is 0 Å². The molecule has 0 saturated carbocycles. The van der Waals surface area contributed by atoms with Crippen molar-refractivity contribution in [2.75, 3.05) is 6.54 Å². The third-order valence-electron chi connectivity index (χ3n) is 2.69. The maximum Gasteiger partial charge on any atom is 0.00452 e. The molecule has 1 atom stereocenters. The number of aryl methyl sites for hydroxylation is 1. The number of unbranched alkanes of at least 4 members (excludes halogenated alkanes) is 2. The SMILES string of the molecule is CCNC(C)CCCCCc1cccs1. The molecular weight excluding hydrogens is 202 g/mol. The molecular formula is C13H23NS. The van der Waals surface area contributed by atoms with E-state index in [1.54, 1.807) is 0 Å². The molecule has 0 spiro atoms. The van der Waals surface area contributed by atoms with Gasteiger partial charge in [0.2, 0.25) is 0 Å². The lowest BCUT2D eigenvalue weighted by atomic mass is 10.1. The molecule has 1 N–H and O–H groups in total. The molecule has 1 aromatic heterocycles. The van der Waals surface area contributed by atoms with Gasteiger partial charge in [-0.25, -0.2) is 0 Å². The van der Waals surface area contributed by atoms with Gasteiger partial charge in [-0.1, -0.05) is 25.8 Å². The third kappa shape index (κ3) is 5.95. The lowest BCUT2D eigenvalue weighted by Gasteiger charge is -2.11. The highest BCUT2D eigenvalue weighted by atomic mass is 32.1. The van der Waals surface area contributed by atoms with Gasteiger partial charge in [-0.05, 0) is 44.2 Å². The highest BCUT2D eigenvalue weighted by Gasteiger charge is 1.99. The second-order valence-electron chi connectivity index (χ2n) is 4.14. The van der Waals surface area contributed by atoms with E-state index in [9.17, 15) is 0 Å². The van der Waals surface area contributed by atoms with Crippen LogP contribution in [-0.2, 0) is 6.42 Å². The molecule has 1 heterocycles. The normalized spacial score (nSPS) is 12.9. The van der Waals surface area contributed by atoms with Gasteiger partial charge in [0.1, 0.15) is 0 Å². The quantitative estimate of drug-likeness (QED) is 0.663. The van der Waals surface area contributed by atoms with E-state index in [-0.39, 0.29) is 0 Å². The van der Waals surface area contributed by atoms with Crippen LogP contribution in [0.4, 0.5) is 0 Å². The Hall–Kier alpha value is -0.340. The minimum Gasteiger partial charge on any atom is -0.315 e. The summed E-state index contributed by atoms with van der Waals surface area (Å²) in [6.07, 6.45) is 6.66. The van der Waals surface area contributed by atoms with Gasteiger partial charge in [0.15, 0.2) is 0 Å². The van der Waals surface area contributed by atoms with Crippen LogP contribution in [0.3, 0.4) is 0 Å². The minimum atomic E-state index is 0.691. The van der Waals surface area contributed by atoms with Gasteiger partial charge in [0.25, 0.3) is 0 Å². The first kappa shape index (κ1) is 12.7. The molecule has 1 nitrogen and oxygen atoms in total. The topological polar surface area (TPSA) is 12.0 Å². The van der Waals surface area contributed by atoms with Crippen LogP contribution in [0, 0.1) is 0 Å². The molecule has 2 heteroatoms.